The van der Waals surface area contributed by atoms with Gasteiger partial charge in [-0.05, 0) is 25.0 Å². The summed E-state index contributed by atoms with van der Waals surface area (Å²) in [6, 6.07) is 5.09. The predicted octanol–water partition coefficient (Wildman–Crippen LogP) is 2.74. The van der Waals surface area contributed by atoms with Crippen LogP contribution in [0.5, 0.6) is 11.5 Å². The third-order valence-corrected chi connectivity index (χ3v) is 8.46. The topological polar surface area (TPSA) is 85.3 Å². The number of amidine groups is 1. The van der Waals surface area contributed by atoms with E-state index in [-0.39, 0.29) is 34.6 Å². The van der Waals surface area contributed by atoms with Crippen LogP contribution in [0.15, 0.2) is 23.2 Å². The molecule has 0 saturated carbocycles. The van der Waals surface area contributed by atoms with E-state index in [4.69, 9.17) is 9.47 Å². The Balaban J connectivity index is 2.05. The maximum absolute atomic E-state index is 12.6. The molecule has 0 radical (unpaired) electrons. The molecule has 2 atom stereocenters. The summed E-state index contributed by atoms with van der Waals surface area (Å²) in [6.07, 6.45) is 1.45. The Kier molecular flexibility index (Phi) is 6.24. The molecule has 0 unspecified atom stereocenters. The molecule has 0 N–H and O–H groups in total. The van der Waals surface area contributed by atoms with Crippen LogP contribution in [0.3, 0.4) is 0 Å². The van der Waals surface area contributed by atoms with Gasteiger partial charge in [-0.15, -0.1) is 0 Å². The number of thioether (sulfide) groups is 1. The number of benzene rings is 1. The van der Waals surface area contributed by atoms with Crippen molar-refractivity contribution in [1.82, 2.24) is 0 Å². The summed E-state index contributed by atoms with van der Waals surface area (Å²) in [6.45, 7) is 3.94. The minimum Gasteiger partial charge on any atom is -0.497 e. The Morgan fingerprint density at radius 1 is 1.25 bits per heavy atom. The average Bonchev–Trinajstić information content (AvgIpc) is 3.12. The van der Waals surface area contributed by atoms with E-state index < -0.39 is 9.84 Å². The molecule has 2 fully saturated rings. The molecule has 2 aliphatic heterocycles. The van der Waals surface area contributed by atoms with Crippen molar-refractivity contribution in [3.8, 4) is 11.5 Å². The van der Waals surface area contributed by atoms with Crippen molar-refractivity contribution in [2.24, 2.45) is 10.9 Å². The first-order valence-electron chi connectivity index (χ1n) is 9.34. The molecule has 0 aromatic heterocycles. The van der Waals surface area contributed by atoms with Crippen LogP contribution in [-0.2, 0) is 14.6 Å². The molecule has 2 saturated heterocycles. The first kappa shape index (κ1) is 21.0. The highest BCUT2D eigenvalue weighted by atomic mass is 32.2. The minimum absolute atomic E-state index is 0.0397. The highest BCUT2D eigenvalue weighted by molar-refractivity contribution is 8.16. The second-order valence-electron chi connectivity index (χ2n) is 6.95. The predicted molar refractivity (Wildman–Crippen MR) is 112 cm³/mol. The molecule has 1 aromatic rings. The number of carbonyl (C=O) groups excluding carboxylic acids is 1. The van der Waals surface area contributed by atoms with Gasteiger partial charge in [-0.1, -0.05) is 25.6 Å². The Bertz CT molecular complexity index is 880. The fourth-order valence-corrected chi connectivity index (χ4v) is 7.57. The van der Waals surface area contributed by atoms with Crippen LogP contribution in [0.25, 0.3) is 0 Å². The Hall–Kier alpha value is -1.74. The van der Waals surface area contributed by atoms with Gasteiger partial charge in [0.05, 0.1) is 37.5 Å². The van der Waals surface area contributed by atoms with Crippen LogP contribution >= 0.6 is 11.8 Å². The highest BCUT2D eigenvalue weighted by Crippen LogP contribution is 2.44. The molecule has 28 heavy (non-hydrogen) atoms. The van der Waals surface area contributed by atoms with Crippen LogP contribution in [0.4, 0.5) is 5.69 Å². The summed E-state index contributed by atoms with van der Waals surface area (Å²) in [5, 5.41) is 0.398. The van der Waals surface area contributed by atoms with Crippen molar-refractivity contribution in [3.63, 3.8) is 0 Å². The third-order valence-electron chi connectivity index (χ3n) is 5.25. The largest absolute Gasteiger partial charge is 0.497 e. The van der Waals surface area contributed by atoms with E-state index in [1.165, 1.54) is 11.8 Å². The molecule has 0 spiro atoms. The summed E-state index contributed by atoms with van der Waals surface area (Å²) < 4.78 is 35.2. The van der Waals surface area contributed by atoms with E-state index in [1.807, 2.05) is 24.8 Å². The molecule has 154 valence electrons. The Morgan fingerprint density at radius 2 is 1.96 bits per heavy atom. The van der Waals surface area contributed by atoms with Gasteiger partial charge in [0.15, 0.2) is 15.0 Å². The van der Waals surface area contributed by atoms with Gasteiger partial charge in [0.25, 0.3) is 5.91 Å². The van der Waals surface area contributed by atoms with Gasteiger partial charge in [0, 0.05) is 17.2 Å². The molecule has 0 aliphatic carbocycles. The maximum Gasteiger partial charge on any atom is 0.251 e. The quantitative estimate of drug-likeness (QED) is 0.691. The summed E-state index contributed by atoms with van der Waals surface area (Å²) >= 11 is 1.37. The van der Waals surface area contributed by atoms with Gasteiger partial charge in [0.2, 0.25) is 0 Å². The molecule has 9 heteroatoms. The molecule has 2 aliphatic rings. The van der Waals surface area contributed by atoms with Gasteiger partial charge in [-0.2, -0.15) is 4.99 Å². The molecule has 0 bridgehead atoms. The number of methoxy groups -OCH3 is 2. The summed E-state index contributed by atoms with van der Waals surface area (Å²) in [4.78, 5) is 18.9. The lowest BCUT2D eigenvalue weighted by Crippen LogP contribution is -2.38. The van der Waals surface area contributed by atoms with Gasteiger partial charge < -0.3 is 14.4 Å². The zero-order valence-electron chi connectivity index (χ0n) is 16.5. The zero-order valence-corrected chi connectivity index (χ0v) is 18.2. The molecule has 3 rings (SSSR count). The standard InChI is InChI=1S/C19H26N2O5S2/c1-5-12(6-2)18(22)20-19-21(15-10-28(23,24)11-17(15)27-19)14-8-7-13(25-3)9-16(14)26-4/h7-9,12,15,17H,5-6,10-11H2,1-4H3/t15-,17-/m1/s1. The van der Waals surface area contributed by atoms with Gasteiger partial charge in [-0.3, -0.25) is 4.79 Å². The van der Waals surface area contributed by atoms with Crippen molar-refractivity contribution in [1.29, 1.82) is 0 Å². The van der Waals surface area contributed by atoms with Crippen molar-refractivity contribution in [2.75, 3.05) is 30.6 Å². The zero-order chi connectivity index (χ0) is 20.5. The molecular formula is C19H26N2O5S2. The summed E-state index contributed by atoms with van der Waals surface area (Å²) in [7, 11) is -0.00184. The number of fused-ring (bicyclic) bond motifs is 1. The van der Waals surface area contributed by atoms with Crippen molar-refractivity contribution >= 4 is 38.4 Å². The molecule has 2 heterocycles. The minimum atomic E-state index is -3.12. The summed E-state index contributed by atoms with van der Waals surface area (Å²) in [5.74, 6) is 1.03. The SMILES string of the molecule is CCC(CC)C(=O)N=C1S[C@@H]2CS(=O)(=O)C[C@H]2N1c1ccc(OC)cc1OC. The number of amides is 1. The number of sulfone groups is 1. The number of rotatable bonds is 6. The smallest absolute Gasteiger partial charge is 0.251 e. The first-order chi connectivity index (χ1) is 13.3. The van der Waals surface area contributed by atoms with Crippen molar-refractivity contribution in [3.05, 3.63) is 18.2 Å². The highest BCUT2D eigenvalue weighted by Gasteiger charge is 2.50. The molecular weight excluding hydrogens is 400 g/mol. The van der Waals surface area contributed by atoms with Crippen LogP contribution in [0.1, 0.15) is 26.7 Å². The number of nitrogens with zero attached hydrogens (tertiary/aromatic N) is 2. The van der Waals surface area contributed by atoms with Gasteiger partial charge >= 0.3 is 0 Å². The Labute approximate surface area is 170 Å². The van der Waals surface area contributed by atoms with E-state index in [9.17, 15) is 13.2 Å². The van der Waals surface area contributed by atoms with Gasteiger partial charge in [-0.25, -0.2) is 8.42 Å². The van der Waals surface area contributed by atoms with E-state index in [1.54, 1.807) is 26.4 Å². The molecule has 1 amide bonds. The fraction of sp³-hybridized carbons (Fsp3) is 0.579. The van der Waals surface area contributed by atoms with E-state index in [0.29, 0.717) is 22.4 Å². The second-order valence-corrected chi connectivity index (χ2v) is 10.3. The molecule has 1 aromatic carbocycles. The van der Waals surface area contributed by atoms with E-state index >= 15 is 0 Å². The number of ether oxygens (including phenoxy) is 2. The van der Waals surface area contributed by atoms with Crippen LogP contribution in [0, 0.1) is 5.92 Å². The lowest BCUT2D eigenvalue weighted by atomic mass is 10.0. The van der Waals surface area contributed by atoms with E-state index in [0.717, 1.165) is 12.8 Å². The maximum atomic E-state index is 12.6. The van der Waals surface area contributed by atoms with Crippen LogP contribution in [-0.4, -0.2) is 56.5 Å². The number of aliphatic imine (C=N–C) groups is 1. The van der Waals surface area contributed by atoms with Crippen LogP contribution < -0.4 is 14.4 Å². The first-order valence-corrected chi connectivity index (χ1v) is 12.0. The lowest BCUT2D eigenvalue weighted by Gasteiger charge is -2.26. The van der Waals surface area contributed by atoms with Crippen LogP contribution in [0.2, 0.25) is 0 Å². The average molecular weight is 427 g/mol. The third kappa shape index (κ3) is 4.00. The van der Waals surface area contributed by atoms with Crippen molar-refractivity contribution in [2.45, 2.75) is 38.0 Å². The van der Waals surface area contributed by atoms with Gasteiger partial charge in [0.1, 0.15) is 11.5 Å². The number of anilines is 1. The molecule has 7 nitrogen and oxygen atoms in total. The fourth-order valence-electron chi connectivity index (χ4n) is 3.65. The number of hydrogen-bond acceptors (Lipinski definition) is 6. The monoisotopic (exact) mass is 426 g/mol. The van der Waals surface area contributed by atoms with Crippen molar-refractivity contribution < 1.29 is 22.7 Å². The number of carbonyl (C=O) groups is 1. The van der Waals surface area contributed by atoms with E-state index in [2.05, 4.69) is 4.99 Å². The second kappa shape index (κ2) is 8.32. The lowest BCUT2D eigenvalue weighted by molar-refractivity contribution is -0.121. The Morgan fingerprint density at radius 3 is 2.57 bits per heavy atom. The number of hydrogen-bond donors (Lipinski definition) is 0. The normalized spacial score (nSPS) is 24.6. The summed E-state index contributed by atoms with van der Waals surface area (Å²) in [5.41, 5.74) is 0.691.